The molecule has 0 bridgehead atoms. The zero-order valence-electron chi connectivity index (χ0n) is 9.55. The third kappa shape index (κ3) is 2.04. The van der Waals surface area contributed by atoms with Gasteiger partial charge >= 0.3 is 0 Å². The summed E-state index contributed by atoms with van der Waals surface area (Å²) in [6.45, 7) is 3.88. The van der Waals surface area contributed by atoms with Gasteiger partial charge in [0.1, 0.15) is 0 Å². The summed E-state index contributed by atoms with van der Waals surface area (Å²) >= 11 is 0. The van der Waals surface area contributed by atoms with E-state index in [0.29, 0.717) is 6.42 Å². The molecule has 1 aromatic rings. The minimum absolute atomic E-state index is 0.396. The number of benzene rings is 1. The molecule has 0 radical (unpaired) electrons. The highest BCUT2D eigenvalue weighted by Gasteiger charge is 2.14. The Morgan fingerprint density at radius 2 is 1.80 bits per heavy atom. The SMILES string of the molecule is COc1c(C)cc(CC#N)c(C)c1OC. The van der Waals surface area contributed by atoms with Gasteiger partial charge in [-0.25, -0.2) is 0 Å². The molecule has 3 nitrogen and oxygen atoms in total. The Labute approximate surface area is 90.2 Å². The van der Waals surface area contributed by atoms with Gasteiger partial charge in [-0.15, -0.1) is 0 Å². The third-order valence-electron chi connectivity index (χ3n) is 2.46. The Hall–Kier alpha value is -1.69. The molecule has 0 heterocycles. The van der Waals surface area contributed by atoms with Gasteiger partial charge in [0.05, 0.1) is 26.7 Å². The van der Waals surface area contributed by atoms with Crippen LogP contribution in [-0.4, -0.2) is 14.2 Å². The predicted molar refractivity (Wildman–Crippen MR) is 58.3 cm³/mol. The molecular weight excluding hydrogens is 190 g/mol. The first-order valence-electron chi connectivity index (χ1n) is 4.73. The summed E-state index contributed by atoms with van der Waals surface area (Å²) in [4.78, 5) is 0. The summed E-state index contributed by atoms with van der Waals surface area (Å²) in [6.07, 6.45) is 0.396. The standard InChI is InChI=1S/C12H15NO2/c1-8-7-10(5-6-13)9(2)12(15-4)11(8)14-3/h7H,5H2,1-4H3. The summed E-state index contributed by atoms with van der Waals surface area (Å²) < 4.78 is 10.6. The van der Waals surface area contributed by atoms with Crippen molar-refractivity contribution in [1.82, 2.24) is 0 Å². The predicted octanol–water partition coefficient (Wildman–Crippen LogP) is 2.39. The van der Waals surface area contributed by atoms with E-state index in [1.165, 1.54) is 0 Å². The van der Waals surface area contributed by atoms with E-state index in [4.69, 9.17) is 14.7 Å². The lowest BCUT2D eigenvalue weighted by Crippen LogP contribution is -1.99. The van der Waals surface area contributed by atoms with Gasteiger partial charge < -0.3 is 9.47 Å². The maximum absolute atomic E-state index is 8.70. The minimum Gasteiger partial charge on any atom is -0.493 e. The van der Waals surface area contributed by atoms with Crippen LogP contribution in [0.15, 0.2) is 6.07 Å². The molecular formula is C12H15NO2. The molecule has 0 aliphatic rings. The smallest absolute Gasteiger partial charge is 0.164 e. The largest absolute Gasteiger partial charge is 0.493 e. The average Bonchev–Trinajstić information content (AvgIpc) is 2.22. The first kappa shape index (κ1) is 11.4. The molecule has 0 aliphatic heterocycles. The fraction of sp³-hybridized carbons (Fsp3) is 0.417. The van der Waals surface area contributed by atoms with Crippen LogP contribution in [-0.2, 0) is 6.42 Å². The van der Waals surface area contributed by atoms with Crippen molar-refractivity contribution < 1.29 is 9.47 Å². The molecule has 0 amide bonds. The lowest BCUT2D eigenvalue weighted by atomic mass is 10.0. The Morgan fingerprint density at radius 3 is 2.27 bits per heavy atom. The van der Waals surface area contributed by atoms with Gasteiger partial charge in [0, 0.05) is 0 Å². The number of hydrogen-bond donors (Lipinski definition) is 0. The Bertz CT molecular complexity index is 405. The van der Waals surface area contributed by atoms with Crippen LogP contribution in [0.25, 0.3) is 0 Å². The molecule has 0 fully saturated rings. The fourth-order valence-corrected chi connectivity index (χ4v) is 1.70. The molecule has 0 N–H and O–H groups in total. The monoisotopic (exact) mass is 205 g/mol. The third-order valence-corrected chi connectivity index (χ3v) is 2.46. The second kappa shape index (κ2) is 4.70. The van der Waals surface area contributed by atoms with Crippen LogP contribution in [0, 0.1) is 25.2 Å². The molecule has 0 saturated carbocycles. The van der Waals surface area contributed by atoms with Gasteiger partial charge in [-0.3, -0.25) is 0 Å². The van der Waals surface area contributed by atoms with Crippen molar-refractivity contribution >= 4 is 0 Å². The highest BCUT2D eigenvalue weighted by Crippen LogP contribution is 2.36. The van der Waals surface area contributed by atoms with E-state index in [-0.39, 0.29) is 0 Å². The number of nitrogens with zero attached hydrogens (tertiary/aromatic N) is 1. The number of methoxy groups -OCH3 is 2. The molecule has 0 unspecified atom stereocenters. The van der Waals surface area contributed by atoms with Crippen LogP contribution in [0.5, 0.6) is 11.5 Å². The maximum Gasteiger partial charge on any atom is 0.164 e. The van der Waals surface area contributed by atoms with Crippen LogP contribution in [0.2, 0.25) is 0 Å². The highest BCUT2D eigenvalue weighted by atomic mass is 16.5. The molecule has 0 aromatic heterocycles. The molecule has 0 atom stereocenters. The van der Waals surface area contributed by atoms with Gasteiger partial charge in [0.25, 0.3) is 0 Å². The summed E-state index contributed by atoms with van der Waals surface area (Å²) in [5.41, 5.74) is 2.96. The van der Waals surface area contributed by atoms with Crippen LogP contribution in [0.4, 0.5) is 0 Å². The number of nitriles is 1. The van der Waals surface area contributed by atoms with Crippen molar-refractivity contribution in [3.63, 3.8) is 0 Å². The number of ether oxygens (including phenoxy) is 2. The zero-order valence-corrected chi connectivity index (χ0v) is 9.55. The van der Waals surface area contributed by atoms with Crippen molar-refractivity contribution in [2.75, 3.05) is 14.2 Å². The lowest BCUT2D eigenvalue weighted by molar-refractivity contribution is 0.350. The van der Waals surface area contributed by atoms with Gasteiger partial charge in [-0.2, -0.15) is 5.26 Å². The minimum atomic E-state index is 0.396. The van der Waals surface area contributed by atoms with Crippen molar-refractivity contribution in [2.45, 2.75) is 20.3 Å². The lowest BCUT2D eigenvalue weighted by Gasteiger charge is -2.15. The van der Waals surface area contributed by atoms with Crippen LogP contribution in [0.1, 0.15) is 16.7 Å². The summed E-state index contributed by atoms with van der Waals surface area (Å²) in [6, 6.07) is 4.12. The molecule has 0 aliphatic carbocycles. The van der Waals surface area contributed by atoms with Crippen molar-refractivity contribution in [3.8, 4) is 17.6 Å². The molecule has 0 saturated heterocycles. The van der Waals surface area contributed by atoms with E-state index in [0.717, 1.165) is 28.2 Å². The zero-order chi connectivity index (χ0) is 11.4. The first-order chi connectivity index (χ1) is 7.15. The van der Waals surface area contributed by atoms with Crippen molar-refractivity contribution in [2.24, 2.45) is 0 Å². The van der Waals surface area contributed by atoms with E-state index < -0.39 is 0 Å². The first-order valence-corrected chi connectivity index (χ1v) is 4.73. The normalized spacial score (nSPS) is 9.53. The number of rotatable bonds is 3. The van der Waals surface area contributed by atoms with E-state index in [1.807, 2.05) is 19.9 Å². The van der Waals surface area contributed by atoms with Gasteiger partial charge in [-0.05, 0) is 30.5 Å². The van der Waals surface area contributed by atoms with E-state index in [2.05, 4.69) is 6.07 Å². The molecule has 1 rings (SSSR count). The average molecular weight is 205 g/mol. The van der Waals surface area contributed by atoms with Crippen LogP contribution >= 0.6 is 0 Å². The molecule has 0 spiro atoms. The van der Waals surface area contributed by atoms with E-state index in [1.54, 1.807) is 14.2 Å². The molecule has 15 heavy (non-hydrogen) atoms. The maximum atomic E-state index is 8.70. The summed E-state index contributed by atoms with van der Waals surface area (Å²) in [7, 11) is 3.23. The van der Waals surface area contributed by atoms with E-state index >= 15 is 0 Å². The van der Waals surface area contributed by atoms with Gasteiger partial charge in [0.15, 0.2) is 11.5 Å². The Morgan fingerprint density at radius 1 is 1.20 bits per heavy atom. The summed E-state index contributed by atoms with van der Waals surface area (Å²) in [5.74, 6) is 1.47. The van der Waals surface area contributed by atoms with Crippen molar-refractivity contribution in [1.29, 1.82) is 5.26 Å². The Kier molecular flexibility index (Phi) is 3.56. The Balaban J connectivity index is 3.38. The quantitative estimate of drug-likeness (QED) is 0.760. The highest BCUT2D eigenvalue weighted by molar-refractivity contribution is 5.55. The van der Waals surface area contributed by atoms with Crippen LogP contribution in [0.3, 0.4) is 0 Å². The second-order valence-corrected chi connectivity index (χ2v) is 3.38. The van der Waals surface area contributed by atoms with Gasteiger partial charge in [0.2, 0.25) is 0 Å². The molecule has 1 aromatic carbocycles. The van der Waals surface area contributed by atoms with E-state index in [9.17, 15) is 0 Å². The fourth-order valence-electron chi connectivity index (χ4n) is 1.70. The topological polar surface area (TPSA) is 42.2 Å². The van der Waals surface area contributed by atoms with Crippen LogP contribution < -0.4 is 9.47 Å². The molecule has 80 valence electrons. The van der Waals surface area contributed by atoms with Gasteiger partial charge in [-0.1, -0.05) is 6.07 Å². The van der Waals surface area contributed by atoms with Crippen molar-refractivity contribution in [3.05, 3.63) is 22.8 Å². The summed E-state index contributed by atoms with van der Waals surface area (Å²) in [5, 5.41) is 8.70. The number of hydrogen-bond acceptors (Lipinski definition) is 3. The molecule has 3 heteroatoms. The number of aryl methyl sites for hydroxylation is 1. The second-order valence-electron chi connectivity index (χ2n) is 3.38.